The van der Waals surface area contributed by atoms with Crippen LogP contribution in [0.1, 0.15) is 30.6 Å². The number of aliphatic hydroxyl groups excluding tert-OH is 1. The van der Waals surface area contributed by atoms with Gasteiger partial charge in [-0.05, 0) is 23.8 Å². The number of aliphatic hydroxyl groups is 1. The number of rotatable bonds is 6. The summed E-state index contributed by atoms with van der Waals surface area (Å²) < 4.78 is 0. The number of carboxylic acid groups (broad SMARTS) is 1. The van der Waals surface area contributed by atoms with Crippen molar-refractivity contribution in [1.29, 1.82) is 0 Å². The van der Waals surface area contributed by atoms with Crippen LogP contribution in [0.5, 0.6) is 0 Å². The van der Waals surface area contributed by atoms with Crippen LogP contribution in [0.2, 0.25) is 0 Å². The zero-order chi connectivity index (χ0) is 14.4. The number of anilines is 1. The number of carboxylic acids is 1. The second-order valence-corrected chi connectivity index (χ2v) is 5.35. The van der Waals surface area contributed by atoms with Crippen molar-refractivity contribution in [3.05, 3.63) is 17.0 Å². The standard InChI is InChI=1S/C12H18N2O4S/c1-7(2)9(3-5-15)13-12(18)14-10-8(11(16)17)4-6-19-10/h4,6-7,9,15H,3,5H2,1-2H3,(H,16,17)(H2,13,14,18). The fraction of sp³-hybridized carbons (Fsp3) is 0.500. The van der Waals surface area contributed by atoms with Crippen molar-refractivity contribution in [2.24, 2.45) is 5.92 Å². The van der Waals surface area contributed by atoms with E-state index < -0.39 is 12.0 Å². The maximum Gasteiger partial charge on any atom is 0.338 e. The van der Waals surface area contributed by atoms with Crippen LogP contribution in [0.25, 0.3) is 0 Å². The molecule has 0 bridgehead atoms. The van der Waals surface area contributed by atoms with Crippen LogP contribution in [0.4, 0.5) is 9.80 Å². The SMILES string of the molecule is CC(C)C(CCO)NC(=O)Nc1sccc1C(=O)O. The van der Waals surface area contributed by atoms with E-state index in [1.54, 1.807) is 5.38 Å². The van der Waals surface area contributed by atoms with Crippen LogP contribution < -0.4 is 10.6 Å². The average Bonchev–Trinajstić information content (AvgIpc) is 2.76. The summed E-state index contributed by atoms with van der Waals surface area (Å²) in [5, 5.41) is 25.0. The summed E-state index contributed by atoms with van der Waals surface area (Å²) in [4.78, 5) is 22.7. The number of aromatic carboxylic acids is 1. The van der Waals surface area contributed by atoms with Crippen molar-refractivity contribution in [3.63, 3.8) is 0 Å². The Kier molecular flexibility index (Phi) is 5.78. The van der Waals surface area contributed by atoms with Gasteiger partial charge < -0.3 is 15.5 Å². The predicted octanol–water partition coefficient (Wildman–Crippen LogP) is 1.97. The summed E-state index contributed by atoms with van der Waals surface area (Å²) in [5.41, 5.74) is 0.0726. The molecule has 1 rings (SSSR count). The molecule has 4 N–H and O–H groups in total. The normalized spacial score (nSPS) is 12.2. The molecule has 0 aliphatic rings. The fourth-order valence-electron chi connectivity index (χ4n) is 1.59. The Hall–Kier alpha value is -1.60. The van der Waals surface area contributed by atoms with Crippen LogP contribution >= 0.6 is 11.3 Å². The Balaban J connectivity index is 2.64. The summed E-state index contributed by atoms with van der Waals surface area (Å²) in [6.07, 6.45) is 0.460. The number of thiophene rings is 1. The molecule has 7 heteroatoms. The topological polar surface area (TPSA) is 98.7 Å². The van der Waals surface area contributed by atoms with Gasteiger partial charge in [-0.3, -0.25) is 5.32 Å². The number of hydrogen-bond acceptors (Lipinski definition) is 4. The smallest absolute Gasteiger partial charge is 0.338 e. The van der Waals surface area contributed by atoms with Gasteiger partial charge in [0.25, 0.3) is 0 Å². The van der Waals surface area contributed by atoms with Crippen LogP contribution in [-0.4, -0.2) is 34.9 Å². The van der Waals surface area contributed by atoms with Gasteiger partial charge >= 0.3 is 12.0 Å². The van der Waals surface area contributed by atoms with Gasteiger partial charge in [-0.2, -0.15) is 0 Å². The lowest BCUT2D eigenvalue weighted by Gasteiger charge is -2.21. The highest BCUT2D eigenvalue weighted by Crippen LogP contribution is 2.23. The van der Waals surface area contributed by atoms with Crippen molar-refractivity contribution < 1.29 is 19.8 Å². The molecule has 0 fully saturated rings. The monoisotopic (exact) mass is 286 g/mol. The Bertz CT molecular complexity index is 445. The van der Waals surface area contributed by atoms with E-state index in [0.29, 0.717) is 11.4 Å². The van der Waals surface area contributed by atoms with Crippen LogP contribution in [0.15, 0.2) is 11.4 Å². The average molecular weight is 286 g/mol. The van der Waals surface area contributed by atoms with Gasteiger partial charge in [0, 0.05) is 12.6 Å². The van der Waals surface area contributed by atoms with Crippen molar-refractivity contribution in [2.45, 2.75) is 26.3 Å². The molecule has 1 heterocycles. The highest BCUT2D eigenvalue weighted by molar-refractivity contribution is 7.14. The molecule has 6 nitrogen and oxygen atoms in total. The lowest BCUT2D eigenvalue weighted by molar-refractivity contribution is 0.0698. The third-order valence-electron chi connectivity index (χ3n) is 2.68. The van der Waals surface area contributed by atoms with Crippen LogP contribution in [0.3, 0.4) is 0 Å². The Morgan fingerprint density at radius 1 is 1.42 bits per heavy atom. The van der Waals surface area contributed by atoms with E-state index in [1.165, 1.54) is 6.07 Å². The summed E-state index contributed by atoms with van der Waals surface area (Å²) in [6.45, 7) is 3.87. The lowest BCUT2D eigenvalue weighted by atomic mass is 10.0. The van der Waals surface area contributed by atoms with E-state index >= 15 is 0 Å². The van der Waals surface area contributed by atoms with E-state index in [4.69, 9.17) is 10.2 Å². The van der Waals surface area contributed by atoms with E-state index in [-0.39, 0.29) is 24.1 Å². The molecule has 2 amide bonds. The van der Waals surface area contributed by atoms with Gasteiger partial charge in [0.2, 0.25) is 0 Å². The van der Waals surface area contributed by atoms with Crippen molar-refractivity contribution >= 4 is 28.3 Å². The maximum absolute atomic E-state index is 11.8. The number of amides is 2. The van der Waals surface area contributed by atoms with Crippen molar-refractivity contribution in [3.8, 4) is 0 Å². The largest absolute Gasteiger partial charge is 0.478 e. The second-order valence-electron chi connectivity index (χ2n) is 4.43. The molecule has 19 heavy (non-hydrogen) atoms. The molecule has 1 aromatic rings. The van der Waals surface area contributed by atoms with Crippen LogP contribution in [-0.2, 0) is 0 Å². The minimum Gasteiger partial charge on any atom is -0.478 e. The Morgan fingerprint density at radius 3 is 2.63 bits per heavy atom. The number of carbonyl (C=O) groups excluding carboxylic acids is 1. The second kappa shape index (κ2) is 7.10. The number of carbonyl (C=O) groups is 2. The first-order chi connectivity index (χ1) is 8.95. The molecule has 0 radical (unpaired) electrons. The summed E-state index contributed by atoms with van der Waals surface area (Å²) in [6, 6.07) is 0.825. The number of urea groups is 1. The first-order valence-corrected chi connectivity index (χ1v) is 6.82. The van der Waals surface area contributed by atoms with Gasteiger partial charge in [-0.15, -0.1) is 11.3 Å². The predicted molar refractivity (Wildman–Crippen MR) is 73.8 cm³/mol. The molecule has 0 saturated carbocycles. The zero-order valence-corrected chi connectivity index (χ0v) is 11.7. The Morgan fingerprint density at radius 2 is 2.11 bits per heavy atom. The van der Waals surface area contributed by atoms with Gasteiger partial charge in [0.1, 0.15) is 5.00 Å². The molecule has 106 valence electrons. The molecule has 0 aliphatic heterocycles. The van der Waals surface area contributed by atoms with Crippen molar-refractivity contribution in [1.82, 2.24) is 5.32 Å². The van der Waals surface area contributed by atoms with Gasteiger partial charge in [0.15, 0.2) is 0 Å². The third kappa shape index (κ3) is 4.53. The molecule has 0 aromatic carbocycles. The molecule has 1 atom stereocenters. The first kappa shape index (κ1) is 15.5. The summed E-state index contributed by atoms with van der Waals surface area (Å²) in [7, 11) is 0. The maximum atomic E-state index is 11.8. The minimum atomic E-state index is -1.08. The van der Waals surface area contributed by atoms with Crippen LogP contribution in [0, 0.1) is 5.92 Å². The van der Waals surface area contributed by atoms with E-state index in [9.17, 15) is 9.59 Å². The molecule has 1 aromatic heterocycles. The first-order valence-electron chi connectivity index (χ1n) is 5.94. The van der Waals surface area contributed by atoms with E-state index in [2.05, 4.69) is 10.6 Å². The van der Waals surface area contributed by atoms with Gasteiger partial charge in [-0.25, -0.2) is 9.59 Å². The zero-order valence-electron chi connectivity index (χ0n) is 10.8. The van der Waals surface area contributed by atoms with E-state index in [1.807, 2.05) is 13.8 Å². The highest BCUT2D eigenvalue weighted by Gasteiger charge is 2.18. The minimum absolute atomic E-state index is 0.0114. The third-order valence-corrected chi connectivity index (χ3v) is 3.51. The molecule has 0 spiro atoms. The quantitative estimate of drug-likeness (QED) is 0.642. The number of nitrogens with one attached hydrogen (secondary N) is 2. The molecule has 1 unspecified atom stereocenters. The summed E-state index contributed by atoms with van der Waals surface area (Å²) in [5.74, 6) is -0.896. The lowest BCUT2D eigenvalue weighted by Crippen LogP contribution is -2.41. The molecule has 0 aliphatic carbocycles. The van der Waals surface area contributed by atoms with E-state index in [0.717, 1.165) is 11.3 Å². The molecular weight excluding hydrogens is 268 g/mol. The number of hydrogen-bond donors (Lipinski definition) is 4. The van der Waals surface area contributed by atoms with Gasteiger partial charge in [-0.1, -0.05) is 13.8 Å². The fourth-order valence-corrected chi connectivity index (χ4v) is 2.37. The van der Waals surface area contributed by atoms with Crippen molar-refractivity contribution in [2.75, 3.05) is 11.9 Å². The highest BCUT2D eigenvalue weighted by atomic mass is 32.1. The van der Waals surface area contributed by atoms with Gasteiger partial charge in [0.05, 0.1) is 5.56 Å². The summed E-state index contributed by atoms with van der Waals surface area (Å²) >= 11 is 1.15. The molecular formula is C12H18N2O4S. The molecule has 0 saturated heterocycles. The Labute approximate surface area is 115 Å².